The van der Waals surface area contributed by atoms with Crippen molar-refractivity contribution >= 4 is 17.8 Å². The maximum absolute atomic E-state index is 11.3. The van der Waals surface area contributed by atoms with Crippen LogP contribution in [0, 0.1) is 0 Å². The Morgan fingerprint density at radius 1 is 1.22 bits per heavy atom. The lowest BCUT2D eigenvalue weighted by Gasteiger charge is -2.19. The van der Waals surface area contributed by atoms with Gasteiger partial charge in [0.2, 0.25) is 5.91 Å². The van der Waals surface area contributed by atoms with Crippen molar-refractivity contribution in [3.8, 4) is 0 Å². The van der Waals surface area contributed by atoms with E-state index in [1.807, 2.05) is 6.92 Å². The minimum absolute atomic E-state index is 0.273. The molecule has 0 radical (unpaired) electrons. The highest BCUT2D eigenvalue weighted by Gasteiger charge is 2.18. The Bertz CT molecular complexity index is 303. The van der Waals surface area contributed by atoms with Crippen LogP contribution in [-0.4, -0.2) is 37.1 Å². The molecule has 0 saturated carbocycles. The van der Waals surface area contributed by atoms with Gasteiger partial charge in [-0.3, -0.25) is 14.4 Å². The fraction of sp³-hybridized carbons (Fsp3) is 0.750. The Kier molecular flexibility index (Phi) is 7.74. The average Bonchev–Trinajstić information content (AvgIpc) is 2.26. The number of esters is 2. The fourth-order valence-electron chi connectivity index (χ4n) is 1.44. The lowest BCUT2D eigenvalue weighted by Crippen LogP contribution is -2.27. The normalized spacial score (nSPS) is 13.3. The zero-order chi connectivity index (χ0) is 14.1. The molecule has 0 spiro atoms. The van der Waals surface area contributed by atoms with Gasteiger partial charge in [0, 0.05) is 20.4 Å². The number of carbonyl (C=O) groups is 3. The van der Waals surface area contributed by atoms with E-state index in [-0.39, 0.29) is 24.4 Å². The number of ether oxygens (including phenoxy) is 2. The molecule has 0 bridgehead atoms. The molecule has 0 aliphatic heterocycles. The number of hydrogen-bond acceptors (Lipinski definition) is 5. The third-order valence-corrected chi connectivity index (χ3v) is 2.30. The summed E-state index contributed by atoms with van der Waals surface area (Å²) in [6.07, 6.45) is 0.106. The first kappa shape index (κ1) is 16.4. The molecule has 2 atom stereocenters. The molecule has 104 valence electrons. The summed E-state index contributed by atoms with van der Waals surface area (Å²) in [5, 5.41) is 2.34. The molecule has 6 heteroatoms. The van der Waals surface area contributed by atoms with Crippen molar-refractivity contribution in [2.24, 2.45) is 0 Å². The first-order valence-electron chi connectivity index (χ1n) is 5.96. The summed E-state index contributed by atoms with van der Waals surface area (Å²) in [6, 6.07) is 0. The molecule has 0 heterocycles. The smallest absolute Gasteiger partial charge is 0.315 e. The Hall–Kier alpha value is -1.59. The van der Waals surface area contributed by atoms with E-state index in [0.717, 1.165) is 0 Å². The summed E-state index contributed by atoms with van der Waals surface area (Å²) in [7, 11) is 1.45. The molecule has 0 aliphatic carbocycles. The van der Waals surface area contributed by atoms with Crippen molar-refractivity contribution in [2.45, 2.75) is 52.2 Å². The molecular weight excluding hydrogens is 238 g/mol. The van der Waals surface area contributed by atoms with E-state index in [9.17, 15) is 14.4 Å². The van der Waals surface area contributed by atoms with Crippen LogP contribution in [0.1, 0.15) is 40.0 Å². The highest BCUT2D eigenvalue weighted by molar-refractivity contribution is 5.94. The molecule has 0 rings (SSSR count). The van der Waals surface area contributed by atoms with Gasteiger partial charge >= 0.3 is 11.9 Å². The Morgan fingerprint density at radius 3 is 2.28 bits per heavy atom. The molecule has 2 unspecified atom stereocenters. The average molecular weight is 259 g/mol. The zero-order valence-electron chi connectivity index (χ0n) is 11.3. The molecule has 6 nitrogen and oxygen atoms in total. The minimum atomic E-state index is -0.584. The summed E-state index contributed by atoms with van der Waals surface area (Å²) < 4.78 is 10.1. The van der Waals surface area contributed by atoms with Gasteiger partial charge in [0.25, 0.3) is 0 Å². The second kappa shape index (κ2) is 8.49. The Morgan fingerprint density at radius 2 is 1.83 bits per heavy atom. The third kappa shape index (κ3) is 7.65. The lowest BCUT2D eigenvalue weighted by molar-refractivity contribution is -0.154. The van der Waals surface area contributed by atoms with Crippen molar-refractivity contribution in [1.82, 2.24) is 5.32 Å². The van der Waals surface area contributed by atoms with Gasteiger partial charge in [-0.15, -0.1) is 0 Å². The topological polar surface area (TPSA) is 81.7 Å². The van der Waals surface area contributed by atoms with Crippen LogP contribution in [0.2, 0.25) is 0 Å². The van der Waals surface area contributed by atoms with Crippen LogP contribution in [-0.2, 0) is 23.9 Å². The van der Waals surface area contributed by atoms with Gasteiger partial charge in [-0.1, -0.05) is 6.92 Å². The number of nitrogens with one attached hydrogen (secondary N) is 1. The van der Waals surface area contributed by atoms with Crippen LogP contribution in [0.3, 0.4) is 0 Å². The second-order valence-electron chi connectivity index (χ2n) is 4.03. The van der Waals surface area contributed by atoms with Crippen LogP contribution >= 0.6 is 0 Å². The maximum atomic E-state index is 11.3. The third-order valence-electron chi connectivity index (χ3n) is 2.30. The SMILES string of the molecule is CCC(CC(C)OC(=O)CC(=O)NC)OC(C)=O. The molecule has 0 aromatic carbocycles. The van der Waals surface area contributed by atoms with Crippen LogP contribution in [0.4, 0.5) is 0 Å². The first-order valence-corrected chi connectivity index (χ1v) is 5.96. The highest BCUT2D eigenvalue weighted by Crippen LogP contribution is 2.10. The number of carbonyl (C=O) groups excluding carboxylic acids is 3. The van der Waals surface area contributed by atoms with Crippen molar-refractivity contribution in [2.75, 3.05) is 7.05 Å². The molecule has 0 aromatic rings. The van der Waals surface area contributed by atoms with Crippen LogP contribution < -0.4 is 5.32 Å². The fourth-order valence-corrected chi connectivity index (χ4v) is 1.44. The molecule has 1 N–H and O–H groups in total. The van der Waals surface area contributed by atoms with Crippen molar-refractivity contribution in [3.63, 3.8) is 0 Å². The summed E-state index contributed by atoms with van der Waals surface area (Å²) >= 11 is 0. The Balaban J connectivity index is 4.07. The van der Waals surface area contributed by atoms with E-state index in [2.05, 4.69) is 5.32 Å². The quantitative estimate of drug-likeness (QED) is 0.540. The van der Waals surface area contributed by atoms with Gasteiger partial charge in [-0.05, 0) is 13.3 Å². The number of hydrogen-bond donors (Lipinski definition) is 1. The maximum Gasteiger partial charge on any atom is 0.315 e. The molecule has 0 aromatic heterocycles. The van der Waals surface area contributed by atoms with Crippen LogP contribution in [0.25, 0.3) is 0 Å². The van der Waals surface area contributed by atoms with Crippen molar-refractivity contribution in [1.29, 1.82) is 0 Å². The van der Waals surface area contributed by atoms with Crippen molar-refractivity contribution in [3.05, 3.63) is 0 Å². The van der Waals surface area contributed by atoms with E-state index in [1.54, 1.807) is 6.92 Å². The zero-order valence-corrected chi connectivity index (χ0v) is 11.3. The summed E-state index contributed by atoms with van der Waals surface area (Å²) in [5.41, 5.74) is 0. The van der Waals surface area contributed by atoms with Crippen LogP contribution in [0.5, 0.6) is 0 Å². The number of rotatable bonds is 7. The Labute approximate surface area is 107 Å². The van der Waals surface area contributed by atoms with Gasteiger partial charge in [0.05, 0.1) is 0 Å². The van der Waals surface area contributed by atoms with E-state index in [4.69, 9.17) is 9.47 Å². The monoisotopic (exact) mass is 259 g/mol. The van der Waals surface area contributed by atoms with Gasteiger partial charge in [-0.2, -0.15) is 0 Å². The predicted molar refractivity (Wildman–Crippen MR) is 64.7 cm³/mol. The molecule has 0 saturated heterocycles. The van der Waals surface area contributed by atoms with Crippen LogP contribution in [0.15, 0.2) is 0 Å². The molecular formula is C12H21NO5. The first-order chi connectivity index (χ1) is 8.38. The van der Waals surface area contributed by atoms with Gasteiger partial charge in [-0.25, -0.2) is 0 Å². The van der Waals surface area contributed by atoms with Crippen molar-refractivity contribution < 1.29 is 23.9 Å². The highest BCUT2D eigenvalue weighted by atomic mass is 16.6. The van der Waals surface area contributed by atoms with Gasteiger partial charge < -0.3 is 14.8 Å². The summed E-state index contributed by atoms with van der Waals surface area (Å²) in [5.74, 6) is -1.33. The molecule has 0 fully saturated rings. The van der Waals surface area contributed by atoms with E-state index < -0.39 is 12.1 Å². The molecule has 18 heavy (non-hydrogen) atoms. The summed E-state index contributed by atoms with van der Waals surface area (Å²) in [6.45, 7) is 4.92. The van der Waals surface area contributed by atoms with E-state index in [1.165, 1.54) is 14.0 Å². The predicted octanol–water partition coefficient (Wildman–Crippen LogP) is 0.786. The number of amides is 1. The van der Waals surface area contributed by atoms with Gasteiger partial charge in [0.1, 0.15) is 18.6 Å². The standard InChI is InChI=1S/C12H21NO5/c1-5-10(18-9(3)14)6-8(2)17-12(16)7-11(15)13-4/h8,10H,5-7H2,1-4H3,(H,13,15). The van der Waals surface area contributed by atoms with E-state index in [0.29, 0.717) is 12.8 Å². The van der Waals surface area contributed by atoms with Gasteiger partial charge in [0.15, 0.2) is 0 Å². The second-order valence-corrected chi connectivity index (χ2v) is 4.03. The summed E-state index contributed by atoms with van der Waals surface area (Å²) in [4.78, 5) is 33.1. The minimum Gasteiger partial charge on any atom is -0.462 e. The lowest BCUT2D eigenvalue weighted by atomic mass is 10.1. The molecule has 1 amide bonds. The largest absolute Gasteiger partial charge is 0.462 e. The molecule has 0 aliphatic rings. The van der Waals surface area contributed by atoms with E-state index >= 15 is 0 Å².